The number of imidazole rings is 1. The number of aliphatic carboxylic acids is 1. The van der Waals surface area contributed by atoms with Gasteiger partial charge in [0.15, 0.2) is 0 Å². The van der Waals surface area contributed by atoms with E-state index in [1.54, 1.807) is 45.2 Å². The fraction of sp³-hybridized carbons (Fsp3) is 0.296. The fourth-order valence-electron chi connectivity index (χ4n) is 4.56. The van der Waals surface area contributed by atoms with Gasteiger partial charge in [-0.2, -0.15) is 0 Å². The lowest BCUT2D eigenvalue weighted by molar-refractivity contribution is -0.307. The molecule has 2 aromatic heterocycles. The van der Waals surface area contributed by atoms with Crippen LogP contribution < -0.4 is 19.3 Å². The molecule has 0 spiro atoms. The Labute approximate surface area is 234 Å². The number of carbonyl (C=O) groups is 1. The van der Waals surface area contributed by atoms with Crippen molar-refractivity contribution in [2.24, 2.45) is 0 Å². The number of carbonyl (C=O) groups excluding carboxylic acids is 1. The number of hydrogen-bond donors (Lipinski definition) is 0. The number of ether oxygens (including phenoxy) is 3. The maximum absolute atomic E-state index is 14.2. The van der Waals surface area contributed by atoms with E-state index >= 15 is 0 Å². The highest BCUT2D eigenvalue weighted by atomic mass is 32.2. The molecule has 0 aliphatic heterocycles. The third kappa shape index (κ3) is 5.39. The first-order valence-corrected chi connectivity index (χ1v) is 14.8. The molecule has 0 amide bonds. The van der Waals surface area contributed by atoms with Gasteiger partial charge in [-0.15, -0.1) is 0 Å². The van der Waals surface area contributed by atoms with Gasteiger partial charge in [0.1, 0.15) is 23.9 Å². The molecule has 40 heavy (non-hydrogen) atoms. The SMILES string of the molecule is COc1ccc2c(c1)nc(S(=O)Cc1ncc(C)c(OC)c1C)n2S(=O)(=O)c1c(C)cc(OCC(=O)[O-])cc1C. The zero-order chi connectivity index (χ0) is 29.4. The van der Waals surface area contributed by atoms with Crippen LogP contribution in [0.2, 0.25) is 0 Å². The van der Waals surface area contributed by atoms with Gasteiger partial charge in [0.25, 0.3) is 10.0 Å². The van der Waals surface area contributed by atoms with Crippen molar-refractivity contribution in [3.05, 3.63) is 64.5 Å². The van der Waals surface area contributed by atoms with E-state index in [1.807, 2.05) is 6.92 Å². The molecule has 0 N–H and O–H groups in total. The van der Waals surface area contributed by atoms with Gasteiger partial charge >= 0.3 is 0 Å². The van der Waals surface area contributed by atoms with Crippen molar-refractivity contribution >= 4 is 37.8 Å². The molecular weight excluding hydrogens is 558 g/mol. The molecule has 1 atom stereocenters. The summed E-state index contributed by atoms with van der Waals surface area (Å²) < 4.78 is 59.2. The van der Waals surface area contributed by atoms with Crippen LogP contribution in [0.5, 0.6) is 17.2 Å². The average molecular weight is 587 g/mol. The zero-order valence-corrected chi connectivity index (χ0v) is 24.4. The molecule has 0 bridgehead atoms. The van der Waals surface area contributed by atoms with Gasteiger partial charge in [0.05, 0.1) is 58.4 Å². The van der Waals surface area contributed by atoms with Crippen molar-refractivity contribution in [1.29, 1.82) is 0 Å². The second-order valence-corrected chi connectivity index (χ2v) is 12.2. The molecule has 13 heteroatoms. The van der Waals surface area contributed by atoms with Gasteiger partial charge in [-0.1, -0.05) is 0 Å². The molecule has 0 fully saturated rings. The minimum Gasteiger partial charge on any atom is -0.546 e. The number of benzene rings is 2. The molecule has 0 aliphatic rings. The van der Waals surface area contributed by atoms with Gasteiger partial charge in [-0.3, -0.25) is 9.19 Å². The van der Waals surface area contributed by atoms with Gasteiger partial charge < -0.3 is 24.1 Å². The zero-order valence-electron chi connectivity index (χ0n) is 22.8. The maximum atomic E-state index is 14.2. The summed E-state index contributed by atoms with van der Waals surface area (Å²) in [6.07, 6.45) is 1.61. The lowest BCUT2D eigenvalue weighted by atomic mass is 10.1. The Morgan fingerprint density at radius 2 is 1.68 bits per heavy atom. The van der Waals surface area contributed by atoms with Crippen LogP contribution in [0.1, 0.15) is 27.9 Å². The van der Waals surface area contributed by atoms with Crippen molar-refractivity contribution < 1.29 is 36.7 Å². The standard InChI is InChI=1S/C27H29N3O8S2/c1-15-9-20(38-13-24(31)32)10-16(2)26(15)40(34,35)30-23-8-7-19(36-5)11-21(23)29-27(30)39(33)14-22-18(4)25(37-6)17(3)12-28-22/h7-12H,13-14H2,1-6H3,(H,31,32)/p-1. The highest BCUT2D eigenvalue weighted by molar-refractivity contribution is 7.91. The van der Waals surface area contributed by atoms with E-state index in [2.05, 4.69) is 9.97 Å². The Morgan fingerprint density at radius 1 is 1.00 bits per heavy atom. The van der Waals surface area contributed by atoms with Crippen LogP contribution in [0.3, 0.4) is 0 Å². The van der Waals surface area contributed by atoms with E-state index in [1.165, 1.54) is 26.4 Å². The van der Waals surface area contributed by atoms with E-state index in [9.17, 15) is 22.5 Å². The first kappa shape index (κ1) is 29.0. The third-order valence-corrected chi connectivity index (χ3v) is 9.64. The quantitative estimate of drug-likeness (QED) is 0.271. The topological polar surface area (TPSA) is 150 Å². The van der Waals surface area contributed by atoms with E-state index < -0.39 is 33.4 Å². The van der Waals surface area contributed by atoms with Crippen LogP contribution in [-0.2, 0) is 31.4 Å². The molecule has 1 unspecified atom stereocenters. The van der Waals surface area contributed by atoms with Gasteiger partial charge in [0.2, 0.25) is 5.16 Å². The van der Waals surface area contributed by atoms with E-state index in [-0.39, 0.29) is 32.6 Å². The highest BCUT2D eigenvalue weighted by Gasteiger charge is 2.31. The number of carboxylic acid groups (broad SMARTS) is 1. The van der Waals surface area contributed by atoms with Crippen molar-refractivity contribution in [2.45, 2.75) is 43.5 Å². The molecule has 0 saturated heterocycles. The predicted molar refractivity (Wildman–Crippen MR) is 146 cm³/mol. The number of fused-ring (bicyclic) bond motifs is 1. The predicted octanol–water partition coefficient (Wildman–Crippen LogP) is 2.36. The number of methoxy groups -OCH3 is 2. The number of carboxylic acids is 1. The number of pyridine rings is 1. The Balaban J connectivity index is 1.89. The van der Waals surface area contributed by atoms with E-state index in [0.717, 1.165) is 9.54 Å². The fourth-order valence-corrected chi connectivity index (χ4v) is 8.03. The molecule has 2 heterocycles. The number of nitrogens with zero attached hydrogens (tertiary/aromatic N) is 3. The van der Waals surface area contributed by atoms with Crippen LogP contribution in [-0.4, -0.2) is 53.4 Å². The first-order valence-electron chi connectivity index (χ1n) is 12.0. The van der Waals surface area contributed by atoms with Crippen molar-refractivity contribution in [3.8, 4) is 17.2 Å². The highest BCUT2D eigenvalue weighted by Crippen LogP contribution is 2.33. The van der Waals surface area contributed by atoms with E-state index in [0.29, 0.717) is 33.9 Å². The Morgan fingerprint density at radius 3 is 2.27 bits per heavy atom. The Hall–Kier alpha value is -3.97. The van der Waals surface area contributed by atoms with Crippen LogP contribution in [0.15, 0.2) is 46.6 Å². The molecule has 11 nitrogen and oxygen atoms in total. The van der Waals surface area contributed by atoms with Crippen LogP contribution >= 0.6 is 0 Å². The second-order valence-electron chi connectivity index (χ2n) is 9.10. The van der Waals surface area contributed by atoms with Gasteiger partial charge in [0, 0.05) is 23.4 Å². The minimum absolute atomic E-state index is 0.0482. The Bertz CT molecular complexity index is 1740. The summed E-state index contributed by atoms with van der Waals surface area (Å²) in [6, 6.07) is 7.55. The average Bonchev–Trinajstić information content (AvgIpc) is 3.28. The van der Waals surface area contributed by atoms with E-state index in [4.69, 9.17) is 14.2 Å². The monoisotopic (exact) mass is 586 g/mol. The largest absolute Gasteiger partial charge is 0.546 e. The van der Waals surface area contributed by atoms with Crippen LogP contribution in [0.25, 0.3) is 11.0 Å². The summed E-state index contributed by atoms with van der Waals surface area (Å²) in [5.41, 5.74) is 3.10. The Kier molecular flexibility index (Phi) is 8.17. The maximum Gasteiger partial charge on any atom is 0.270 e. The molecule has 0 aliphatic carbocycles. The molecule has 4 rings (SSSR count). The summed E-state index contributed by atoms with van der Waals surface area (Å²) >= 11 is 0. The molecular formula is C27H28N3O8S2-. The molecule has 2 aromatic carbocycles. The minimum atomic E-state index is -4.36. The van der Waals surface area contributed by atoms with Gasteiger partial charge in [-0.05, 0) is 63.1 Å². The number of aryl methyl sites for hydroxylation is 3. The number of rotatable bonds is 10. The van der Waals surface area contributed by atoms with Gasteiger partial charge in [-0.25, -0.2) is 17.4 Å². The van der Waals surface area contributed by atoms with Crippen molar-refractivity contribution in [2.75, 3.05) is 20.8 Å². The molecule has 0 saturated carbocycles. The molecule has 0 radical (unpaired) electrons. The lowest BCUT2D eigenvalue weighted by Crippen LogP contribution is -2.29. The lowest BCUT2D eigenvalue weighted by Gasteiger charge is -2.17. The van der Waals surface area contributed by atoms with Crippen molar-refractivity contribution in [3.63, 3.8) is 0 Å². The summed E-state index contributed by atoms with van der Waals surface area (Å²) in [6.45, 7) is 6.09. The smallest absolute Gasteiger partial charge is 0.270 e. The normalized spacial score (nSPS) is 12.3. The summed E-state index contributed by atoms with van der Waals surface area (Å²) in [7, 11) is -3.29. The summed E-state index contributed by atoms with van der Waals surface area (Å²) in [5.74, 6) is -0.270. The number of hydrogen-bond acceptors (Lipinski definition) is 10. The summed E-state index contributed by atoms with van der Waals surface area (Å²) in [4.78, 5) is 19.6. The third-order valence-electron chi connectivity index (χ3n) is 6.30. The first-order chi connectivity index (χ1) is 18.9. The van der Waals surface area contributed by atoms with Crippen molar-refractivity contribution in [1.82, 2.24) is 13.9 Å². The molecule has 4 aromatic rings. The van der Waals surface area contributed by atoms with Crippen LogP contribution in [0.4, 0.5) is 0 Å². The number of aromatic nitrogens is 3. The second kappa shape index (κ2) is 11.3. The van der Waals surface area contributed by atoms with Crippen LogP contribution in [0, 0.1) is 27.7 Å². The summed E-state index contributed by atoms with van der Waals surface area (Å²) in [5, 5.41) is 10.6. The molecule has 212 valence electrons.